The Morgan fingerprint density at radius 3 is 2.71 bits per heavy atom. The molecule has 0 radical (unpaired) electrons. The number of fused-ring (bicyclic) bond motifs is 1. The summed E-state index contributed by atoms with van der Waals surface area (Å²) in [6.45, 7) is 4.05. The van der Waals surface area contributed by atoms with Crippen molar-refractivity contribution in [2.75, 3.05) is 24.6 Å². The summed E-state index contributed by atoms with van der Waals surface area (Å²) >= 11 is 7.17. The predicted octanol–water partition coefficient (Wildman–Crippen LogP) is 3.02. The van der Waals surface area contributed by atoms with Crippen molar-refractivity contribution in [3.63, 3.8) is 0 Å². The summed E-state index contributed by atoms with van der Waals surface area (Å²) in [5, 5.41) is 15.5. The summed E-state index contributed by atoms with van der Waals surface area (Å²) in [6.07, 6.45) is 6.84. The van der Waals surface area contributed by atoms with Crippen LogP contribution < -0.4 is 9.62 Å². The Morgan fingerprint density at radius 1 is 1.29 bits per heavy atom. The smallest absolute Gasteiger partial charge is 0.225 e. The fraction of sp³-hybridized carbons (Fsp3) is 0.650. The number of aliphatic hydroxyl groups is 1. The summed E-state index contributed by atoms with van der Waals surface area (Å²) in [6, 6.07) is 1.69. The molecule has 3 unspecified atom stereocenters. The van der Waals surface area contributed by atoms with Crippen molar-refractivity contribution in [2.45, 2.75) is 63.3 Å². The molecule has 2 aromatic heterocycles. The Morgan fingerprint density at radius 2 is 2.03 bits per heavy atom. The average Bonchev–Trinajstić information content (AvgIpc) is 3.15. The van der Waals surface area contributed by atoms with Crippen LogP contribution in [0.5, 0.6) is 0 Å². The van der Waals surface area contributed by atoms with E-state index in [0.29, 0.717) is 36.0 Å². The second-order valence-corrected chi connectivity index (χ2v) is 8.80. The van der Waals surface area contributed by atoms with Crippen molar-refractivity contribution >= 4 is 29.8 Å². The van der Waals surface area contributed by atoms with Crippen molar-refractivity contribution in [2.24, 2.45) is 0 Å². The van der Waals surface area contributed by atoms with Crippen molar-refractivity contribution in [3.8, 4) is 0 Å². The summed E-state index contributed by atoms with van der Waals surface area (Å²) < 4.78 is 20.6. The highest BCUT2D eigenvalue weighted by molar-refractivity contribution is 7.91. The van der Waals surface area contributed by atoms with Gasteiger partial charge in [0.1, 0.15) is 5.69 Å². The number of aliphatic hydroxyl groups excluding tert-OH is 1. The number of hydrogen-bond acceptors (Lipinski definition) is 9. The van der Waals surface area contributed by atoms with Crippen LogP contribution in [0.25, 0.3) is 0 Å². The molecule has 170 valence electrons. The van der Waals surface area contributed by atoms with Gasteiger partial charge in [0.15, 0.2) is 0 Å². The molecule has 9 nitrogen and oxygen atoms in total. The molecule has 2 aromatic rings. The summed E-state index contributed by atoms with van der Waals surface area (Å²) in [5.41, 5.74) is 1.45. The number of hydrogen-bond donors (Lipinski definition) is 3. The second-order valence-electron chi connectivity index (χ2n) is 8.00. The molecule has 0 aliphatic carbocycles. The largest absolute Gasteiger partial charge is 0.387 e. The summed E-state index contributed by atoms with van der Waals surface area (Å²) in [5.74, 6) is 0.760. The molecule has 0 spiro atoms. The maximum atomic E-state index is 10.3. The highest BCUT2D eigenvalue weighted by Gasteiger charge is 2.35. The highest BCUT2D eigenvalue weighted by atomic mass is 35.5. The first-order chi connectivity index (χ1) is 15.1. The lowest BCUT2D eigenvalue weighted by atomic mass is 9.98. The number of halogens is 1. The quantitative estimate of drug-likeness (QED) is 0.397. The number of anilines is 1. The van der Waals surface area contributed by atoms with Gasteiger partial charge in [0.2, 0.25) is 5.95 Å². The van der Waals surface area contributed by atoms with Crippen LogP contribution in [-0.4, -0.2) is 61.2 Å². The summed E-state index contributed by atoms with van der Waals surface area (Å²) in [7, 11) is 0. The zero-order valence-electron chi connectivity index (χ0n) is 17.5. The normalized spacial score (nSPS) is 23.0. The van der Waals surface area contributed by atoms with Gasteiger partial charge in [-0.15, -0.1) is 0 Å². The van der Waals surface area contributed by atoms with Gasteiger partial charge in [-0.05, 0) is 38.2 Å². The average molecular weight is 469 g/mol. The lowest BCUT2D eigenvalue weighted by Crippen LogP contribution is -2.43. The third-order valence-corrected chi connectivity index (χ3v) is 6.95. The van der Waals surface area contributed by atoms with Gasteiger partial charge in [-0.3, -0.25) is 4.68 Å². The van der Waals surface area contributed by atoms with Gasteiger partial charge >= 0.3 is 0 Å². The van der Waals surface area contributed by atoms with E-state index in [2.05, 4.69) is 24.7 Å². The van der Waals surface area contributed by atoms with Crippen LogP contribution in [0.15, 0.2) is 18.5 Å². The molecule has 4 heterocycles. The number of aromatic nitrogens is 4. The summed E-state index contributed by atoms with van der Waals surface area (Å²) in [4.78, 5) is 10.8. The van der Waals surface area contributed by atoms with Crippen LogP contribution in [0.3, 0.4) is 0 Å². The first kappa shape index (κ1) is 22.8. The number of piperidine rings is 1. The molecule has 2 aliphatic rings. The Kier molecular flexibility index (Phi) is 7.68. The van der Waals surface area contributed by atoms with Crippen molar-refractivity contribution in [1.82, 2.24) is 24.5 Å². The molecule has 4 rings (SSSR count). The van der Waals surface area contributed by atoms with E-state index in [1.807, 2.05) is 17.7 Å². The first-order valence-corrected chi connectivity index (χ1v) is 11.9. The standard InChI is InChI=1S/C20H29ClN6O3S/c1-2-17(28)19-18(21)15-5-4-14(25-31-29)16(27(15)24-19)12-30-13-6-10-26(11-7-13)20-22-8-3-9-23-20/h3,8-9,13-14,16-17,25,28-29H,2,4-7,10-12H2,1H3. The Labute approximate surface area is 191 Å². The van der Waals surface area contributed by atoms with Crippen LogP contribution >= 0.6 is 23.8 Å². The number of rotatable bonds is 8. The Hall–Kier alpha value is -1.43. The number of nitrogens with zero attached hydrogens (tertiary/aromatic N) is 5. The lowest BCUT2D eigenvalue weighted by Gasteiger charge is -2.36. The SMILES string of the molecule is CCC(O)c1nn2c(c1Cl)CCC(NSO)C2COC1CCN(c2ncccn2)CC1. The zero-order chi connectivity index (χ0) is 21.8. The fourth-order valence-corrected chi connectivity index (χ4v) is 5.09. The molecule has 3 atom stereocenters. The lowest BCUT2D eigenvalue weighted by molar-refractivity contribution is 0.00588. The van der Waals surface area contributed by atoms with Crippen molar-refractivity contribution < 1.29 is 14.4 Å². The van der Waals surface area contributed by atoms with Gasteiger partial charge in [-0.25, -0.2) is 14.7 Å². The molecule has 31 heavy (non-hydrogen) atoms. The highest BCUT2D eigenvalue weighted by Crippen LogP contribution is 2.36. The molecule has 11 heteroatoms. The fourth-order valence-electron chi connectivity index (χ4n) is 4.33. The van der Waals surface area contributed by atoms with E-state index >= 15 is 0 Å². The molecule has 1 fully saturated rings. The predicted molar refractivity (Wildman–Crippen MR) is 120 cm³/mol. The van der Waals surface area contributed by atoms with Crippen LogP contribution in [0.1, 0.15) is 56.1 Å². The minimum absolute atomic E-state index is 0.0112. The Bertz CT molecular complexity index is 849. The van der Waals surface area contributed by atoms with E-state index in [0.717, 1.165) is 50.4 Å². The van der Waals surface area contributed by atoms with Gasteiger partial charge in [-0.1, -0.05) is 18.5 Å². The van der Waals surface area contributed by atoms with Gasteiger partial charge in [0.05, 0.1) is 47.8 Å². The van der Waals surface area contributed by atoms with Crippen LogP contribution in [0, 0.1) is 0 Å². The van der Waals surface area contributed by atoms with Crippen LogP contribution in [0.4, 0.5) is 5.95 Å². The molecule has 3 N–H and O–H groups in total. The van der Waals surface area contributed by atoms with Crippen molar-refractivity contribution in [3.05, 3.63) is 34.9 Å². The molecular weight excluding hydrogens is 440 g/mol. The molecule has 1 saturated heterocycles. The second kappa shape index (κ2) is 10.5. The molecule has 2 aliphatic heterocycles. The van der Waals surface area contributed by atoms with E-state index in [4.69, 9.17) is 16.3 Å². The topological polar surface area (TPSA) is 109 Å². The third-order valence-electron chi connectivity index (χ3n) is 6.13. The minimum atomic E-state index is -0.685. The van der Waals surface area contributed by atoms with E-state index in [1.54, 1.807) is 12.4 Å². The van der Waals surface area contributed by atoms with Crippen LogP contribution in [-0.2, 0) is 11.2 Å². The monoisotopic (exact) mass is 468 g/mol. The van der Waals surface area contributed by atoms with Gasteiger partial charge in [0, 0.05) is 31.5 Å². The molecule has 0 saturated carbocycles. The molecule has 0 amide bonds. The first-order valence-electron chi connectivity index (χ1n) is 10.8. The number of nitrogens with one attached hydrogen (secondary N) is 1. The maximum absolute atomic E-state index is 10.3. The molecule has 0 bridgehead atoms. The van der Waals surface area contributed by atoms with Gasteiger partial charge < -0.3 is 19.3 Å². The molecular formula is C20H29ClN6O3S. The van der Waals surface area contributed by atoms with E-state index in [9.17, 15) is 9.66 Å². The van der Waals surface area contributed by atoms with Gasteiger partial charge in [0.25, 0.3) is 0 Å². The number of ether oxygens (including phenoxy) is 1. The zero-order valence-corrected chi connectivity index (χ0v) is 19.1. The Balaban J connectivity index is 1.42. The minimum Gasteiger partial charge on any atom is -0.387 e. The van der Waals surface area contributed by atoms with Crippen molar-refractivity contribution in [1.29, 1.82) is 0 Å². The van der Waals surface area contributed by atoms with Crippen LogP contribution in [0.2, 0.25) is 5.02 Å². The van der Waals surface area contributed by atoms with E-state index < -0.39 is 6.10 Å². The van der Waals surface area contributed by atoms with E-state index in [-0.39, 0.29) is 18.2 Å². The maximum Gasteiger partial charge on any atom is 0.225 e. The molecule has 0 aromatic carbocycles. The van der Waals surface area contributed by atoms with E-state index in [1.165, 1.54) is 0 Å². The van der Waals surface area contributed by atoms with Gasteiger partial charge in [-0.2, -0.15) is 5.10 Å². The third kappa shape index (κ3) is 4.99.